The maximum Gasteiger partial charge on any atom is 0.268 e. The predicted molar refractivity (Wildman–Crippen MR) is 99.4 cm³/mol. The van der Waals surface area contributed by atoms with Crippen molar-refractivity contribution in [2.75, 3.05) is 5.75 Å². The zero-order valence-electron chi connectivity index (χ0n) is 15.3. The molecule has 0 amide bonds. The second kappa shape index (κ2) is 10.7. The number of unbranched alkanes of at least 4 members (excludes halogenated alkanes) is 4. The summed E-state index contributed by atoms with van der Waals surface area (Å²) in [6.45, 7) is 6.05. The van der Waals surface area contributed by atoms with E-state index in [1.807, 2.05) is 12.1 Å². The molecule has 0 aliphatic rings. The van der Waals surface area contributed by atoms with Gasteiger partial charge in [0.15, 0.2) is 0 Å². The molecule has 1 aromatic rings. The first-order chi connectivity index (χ1) is 11.4. The SMILES string of the molecule is CCCCCc1cccc(OC(C)CS(=O)(=O)O)c1CCCCC. The minimum Gasteiger partial charge on any atom is -0.489 e. The minimum absolute atomic E-state index is 0.387. The van der Waals surface area contributed by atoms with E-state index >= 15 is 0 Å². The lowest BCUT2D eigenvalue weighted by Crippen LogP contribution is -2.23. The second-order valence-corrected chi connectivity index (χ2v) is 7.98. The molecule has 1 unspecified atom stereocenters. The molecule has 0 radical (unpaired) electrons. The first kappa shape index (κ1) is 21.0. The maximum absolute atomic E-state index is 11.0. The van der Waals surface area contributed by atoms with Crippen LogP contribution in [0.15, 0.2) is 18.2 Å². The largest absolute Gasteiger partial charge is 0.489 e. The van der Waals surface area contributed by atoms with Crippen molar-refractivity contribution in [3.05, 3.63) is 29.3 Å². The summed E-state index contributed by atoms with van der Waals surface area (Å²) in [5, 5.41) is 0. The van der Waals surface area contributed by atoms with E-state index in [2.05, 4.69) is 19.9 Å². The van der Waals surface area contributed by atoms with Gasteiger partial charge in [0.25, 0.3) is 10.1 Å². The number of benzene rings is 1. The monoisotopic (exact) mass is 356 g/mol. The van der Waals surface area contributed by atoms with Gasteiger partial charge in [-0.15, -0.1) is 0 Å². The van der Waals surface area contributed by atoms with Crippen LogP contribution in [0.2, 0.25) is 0 Å². The molecule has 0 aliphatic carbocycles. The van der Waals surface area contributed by atoms with Crippen LogP contribution < -0.4 is 4.74 Å². The summed E-state index contributed by atoms with van der Waals surface area (Å²) in [6.07, 6.45) is 8.38. The summed E-state index contributed by atoms with van der Waals surface area (Å²) in [6, 6.07) is 6.03. The van der Waals surface area contributed by atoms with Crippen molar-refractivity contribution in [1.29, 1.82) is 0 Å². The highest BCUT2D eigenvalue weighted by atomic mass is 32.2. The average molecular weight is 357 g/mol. The molecule has 1 N–H and O–H groups in total. The molecule has 0 fully saturated rings. The molecular weight excluding hydrogens is 324 g/mol. The molecule has 0 aromatic heterocycles. The first-order valence-electron chi connectivity index (χ1n) is 9.10. The van der Waals surface area contributed by atoms with Crippen molar-refractivity contribution >= 4 is 10.1 Å². The highest BCUT2D eigenvalue weighted by Gasteiger charge is 2.16. The van der Waals surface area contributed by atoms with Crippen LogP contribution in [0.3, 0.4) is 0 Å². The number of hydrogen-bond donors (Lipinski definition) is 1. The van der Waals surface area contributed by atoms with Crippen LogP contribution in [-0.2, 0) is 23.0 Å². The van der Waals surface area contributed by atoms with E-state index in [1.54, 1.807) is 6.92 Å². The lowest BCUT2D eigenvalue weighted by Gasteiger charge is -2.19. The number of aryl methyl sites for hydroxylation is 1. The van der Waals surface area contributed by atoms with Gasteiger partial charge in [0.2, 0.25) is 0 Å². The van der Waals surface area contributed by atoms with Gasteiger partial charge in [0, 0.05) is 0 Å². The second-order valence-electron chi connectivity index (χ2n) is 6.49. The predicted octanol–water partition coefficient (Wildman–Crippen LogP) is 4.81. The lowest BCUT2D eigenvalue weighted by atomic mass is 9.96. The van der Waals surface area contributed by atoms with Crippen molar-refractivity contribution in [3.8, 4) is 5.75 Å². The summed E-state index contributed by atoms with van der Waals surface area (Å²) >= 11 is 0. The fourth-order valence-corrected chi connectivity index (χ4v) is 3.57. The molecule has 0 heterocycles. The molecule has 138 valence electrons. The van der Waals surface area contributed by atoms with Crippen LogP contribution in [0.5, 0.6) is 5.75 Å². The molecule has 0 aliphatic heterocycles. The van der Waals surface area contributed by atoms with Crippen LogP contribution in [0.1, 0.15) is 70.4 Å². The highest BCUT2D eigenvalue weighted by molar-refractivity contribution is 7.85. The third-order valence-corrected chi connectivity index (χ3v) is 4.97. The van der Waals surface area contributed by atoms with Crippen LogP contribution in [-0.4, -0.2) is 24.8 Å². The molecule has 24 heavy (non-hydrogen) atoms. The summed E-state index contributed by atoms with van der Waals surface area (Å²) in [5.74, 6) is 0.373. The van der Waals surface area contributed by atoms with Crippen molar-refractivity contribution in [1.82, 2.24) is 0 Å². The van der Waals surface area contributed by atoms with E-state index in [-0.39, 0.29) is 5.75 Å². The zero-order valence-corrected chi connectivity index (χ0v) is 16.1. The maximum atomic E-state index is 11.0. The third-order valence-electron chi connectivity index (χ3n) is 4.08. The van der Waals surface area contributed by atoms with E-state index in [4.69, 9.17) is 9.29 Å². The Morgan fingerprint density at radius 3 is 2.25 bits per heavy atom. The molecule has 5 heteroatoms. The third kappa shape index (κ3) is 8.15. The van der Waals surface area contributed by atoms with Gasteiger partial charge in [-0.05, 0) is 49.8 Å². The molecule has 0 spiro atoms. The Morgan fingerprint density at radius 2 is 1.67 bits per heavy atom. The Morgan fingerprint density at radius 1 is 1.04 bits per heavy atom. The van der Waals surface area contributed by atoms with Crippen LogP contribution in [0, 0.1) is 0 Å². The van der Waals surface area contributed by atoms with Crippen LogP contribution >= 0.6 is 0 Å². The summed E-state index contributed by atoms with van der Waals surface area (Å²) < 4.78 is 36.9. The smallest absolute Gasteiger partial charge is 0.268 e. The number of rotatable bonds is 12. The molecule has 0 saturated heterocycles. The van der Waals surface area contributed by atoms with Crippen molar-refractivity contribution in [2.45, 2.75) is 78.2 Å². The Kier molecular flexibility index (Phi) is 9.37. The van der Waals surface area contributed by atoms with Gasteiger partial charge < -0.3 is 4.74 Å². The number of hydrogen-bond acceptors (Lipinski definition) is 3. The number of ether oxygens (including phenoxy) is 1. The van der Waals surface area contributed by atoms with Crippen LogP contribution in [0.4, 0.5) is 0 Å². The van der Waals surface area contributed by atoms with E-state index in [1.165, 1.54) is 30.4 Å². The minimum atomic E-state index is -4.03. The Labute approximate surface area is 147 Å². The Hall–Kier alpha value is -1.07. The van der Waals surface area contributed by atoms with Gasteiger partial charge in [-0.1, -0.05) is 51.7 Å². The first-order valence-corrected chi connectivity index (χ1v) is 10.7. The molecule has 1 atom stereocenters. The molecule has 0 bridgehead atoms. The molecule has 1 aromatic carbocycles. The van der Waals surface area contributed by atoms with Gasteiger partial charge in [0.05, 0.1) is 0 Å². The van der Waals surface area contributed by atoms with E-state index in [0.717, 1.165) is 37.9 Å². The van der Waals surface area contributed by atoms with E-state index in [0.29, 0.717) is 0 Å². The van der Waals surface area contributed by atoms with Crippen molar-refractivity contribution in [3.63, 3.8) is 0 Å². The standard InChI is InChI=1S/C19H32O4S/c1-4-6-8-11-17-12-10-14-19(18(17)13-9-7-5-2)23-16(3)15-24(20,21)22/h10,12,14,16H,4-9,11,13,15H2,1-3H3,(H,20,21,22). The fraction of sp³-hybridized carbons (Fsp3) is 0.684. The molecule has 0 saturated carbocycles. The lowest BCUT2D eigenvalue weighted by molar-refractivity contribution is 0.238. The van der Waals surface area contributed by atoms with Gasteiger partial charge in [-0.2, -0.15) is 8.42 Å². The van der Waals surface area contributed by atoms with Crippen LogP contribution in [0.25, 0.3) is 0 Å². The van der Waals surface area contributed by atoms with Crippen molar-refractivity contribution < 1.29 is 17.7 Å². The van der Waals surface area contributed by atoms with E-state index < -0.39 is 16.2 Å². The summed E-state index contributed by atoms with van der Waals surface area (Å²) in [5.41, 5.74) is 2.50. The molecular formula is C19H32O4S. The van der Waals surface area contributed by atoms with E-state index in [9.17, 15) is 8.42 Å². The summed E-state index contributed by atoms with van der Waals surface area (Å²) in [7, 11) is -4.03. The molecule has 4 nitrogen and oxygen atoms in total. The Bertz CT molecular complexity index is 581. The summed E-state index contributed by atoms with van der Waals surface area (Å²) in [4.78, 5) is 0. The normalized spacial score (nSPS) is 13.0. The van der Waals surface area contributed by atoms with Gasteiger partial charge in [-0.3, -0.25) is 4.55 Å². The van der Waals surface area contributed by atoms with Crippen molar-refractivity contribution in [2.24, 2.45) is 0 Å². The topological polar surface area (TPSA) is 63.6 Å². The quantitative estimate of drug-likeness (QED) is 0.431. The zero-order chi connectivity index (χ0) is 18.0. The molecule has 1 rings (SSSR count). The van der Waals surface area contributed by atoms with Gasteiger partial charge in [-0.25, -0.2) is 0 Å². The fourth-order valence-electron chi connectivity index (χ4n) is 2.90. The average Bonchev–Trinajstić information content (AvgIpc) is 2.48. The Balaban J connectivity index is 2.92. The van der Waals surface area contributed by atoms with Gasteiger partial charge in [0.1, 0.15) is 17.6 Å². The van der Waals surface area contributed by atoms with Gasteiger partial charge >= 0.3 is 0 Å². The highest BCUT2D eigenvalue weighted by Crippen LogP contribution is 2.27.